The van der Waals surface area contributed by atoms with E-state index in [9.17, 15) is 4.79 Å². The molecule has 1 fully saturated rings. The molecular weight excluding hydrogens is 386 g/mol. The Bertz CT molecular complexity index is 1060. The Labute approximate surface area is 183 Å². The third-order valence-electron chi connectivity index (χ3n) is 5.36. The Balaban J connectivity index is 1.44. The van der Waals surface area contributed by atoms with Crippen molar-refractivity contribution in [3.05, 3.63) is 83.3 Å². The zero-order valence-corrected chi connectivity index (χ0v) is 18.0. The Hall–Kier alpha value is -3.54. The van der Waals surface area contributed by atoms with E-state index in [1.807, 2.05) is 79.4 Å². The molecule has 1 aliphatic heterocycles. The Morgan fingerprint density at radius 2 is 1.81 bits per heavy atom. The van der Waals surface area contributed by atoms with Gasteiger partial charge in [-0.1, -0.05) is 36.4 Å². The molecule has 31 heavy (non-hydrogen) atoms. The van der Waals surface area contributed by atoms with Gasteiger partial charge in [0.15, 0.2) is 0 Å². The summed E-state index contributed by atoms with van der Waals surface area (Å²) in [5, 5.41) is 3.21. The number of anilines is 2. The van der Waals surface area contributed by atoms with Gasteiger partial charge in [0, 0.05) is 42.2 Å². The van der Waals surface area contributed by atoms with E-state index in [0.717, 1.165) is 47.8 Å². The smallest absolute Gasteiger partial charge is 0.246 e. The quantitative estimate of drug-likeness (QED) is 0.617. The van der Waals surface area contributed by atoms with Gasteiger partial charge in [-0.15, -0.1) is 0 Å². The van der Waals surface area contributed by atoms with Crippen molar-refractivity contribution in [3.8, 4) is 0 Å². The van der Waals surface area contributed by atoms with Crippen molar-refractivity contribution in [2.24, 2.45) is 0 Å². The molecule has 1 aliphatic rings. The third-order valence-corrected chi connectivity index (χ3v) is 5.36. The van der Waals surface area contributed by atoms with E-state index < -0.39 is 0 Å². The third kappa shape index (κ3) is 5.54. The van der Waals surface area contributed by atoms with Crippen LogP contribution in [0.5, 0.6) is 0 Å². The van der Waals surface area contributed by atoms with Gasteiger partial charge in [0.2, 0.25) is 11.9 Å². The fraction of sp³-hybridized carbons (Fsp3) is 0.280. The SMILES string of the molecule is Cc1cc(C)nc(Nc2cccc([C@@H]3CCCN(C(=O)/C=C/c4ccccc4)C3)n2)n1. The van der Waals surface area contributed by atoms with Gasteiger partial charge in [0.25, 0.3) is 0 Å². The van der Waals surface area contributed by atoms with Crippen molar-refractivity contribution in [2.75, 3.05) is 18.4 Å². The molecule has 1 atom stereocenters. The van der Waals surface area contributed by atoms with E-state index in [4.69, 9.17) is 4.98 Å². The fourth-order valence-corrected chi connectivity index (χ4v) is 3.90. The van der Waals surface area contributed by atoms with Gasteiger partial charge < -0.3 is 10.2 Å². The van der Waals surface area contributed by atoms with Crippen LogP contribution in [0, 0.1) is 13.8 Å². The van der Waals surface area contributed by atoms with Crippen molar-refractivity contribution in [1.82, 2.24) is 19.9 Å². The molecule has 0 saturated carbocycles. The second-order valence-electron chi connectivity index (χ2n) is 7.91. The first-order chi connectivity index (χ1) is 15.1. The Kier molecular flexibility index (Phi) is 6.36. The van der Waals surface area contributed by atoms with Gasteiger partial charge >= 0.3 is 0 Å². The lowest BCUT2D eigenvalue weighted by molar-refractivity contribution is -0.127. The van der Waals surface area contributed by atoms with E-state index in [-0.39, 0.29) is 11.8 Å². The van der Waals surface area contributed by atoms with Crippen LogP contribution in [-0.4, -0.2) is 38.8 Å². The van der Waals surface area contributed by atoms with Crippen molar-refractivity contribution in [2.45, 2.75) is 32.6 Å². The number of benzene rings is 1. The minimum absolute atomic E-state index is 0.0477. The minimum Gasteiger partial charge on any atom is -0.338 e. The average molecular weight is 414 g/mol. The lowest BCUT2D eigenvalue weighted by Gasteiger charge is -2.32. The predicted molar refractivity (Wildman–Crippen MR) is 123 cm³/mol. The van der Waals surface area contributed by atoms with Crippen molar-refractivity contribution >= 4 is 23.7 Å². The number of aromatic nitrogens is 3. The molecule has 1 saturated heterocycles. The first kappa shape index (κ1) is 20.7. The largest absolute Gasteiger partial charge is 0.338 e. The summed E-state index contributed by atoms with van der Waals surface area (Å²) in [4.78, 5) is 28.3. The molecular formula is C25H27N5O. The first-order valence-electron chi connectivity index (χ1n) is 10.6. The number of carbonyl (C=O) groups is 1. The molecule has 158 valence electrons. The van der Waals surface area contributed by atoms with Crippen molar-refractivity contribution < 1.29 is 4.79 Å². The molecule has 0 spiro atoms. The Morgan fingerprint density at radius 3 is 2.58 bits per heavy atom. The van der Waals surface area contributed by atoms with Gasteiger partial charge in [0.1, 0.15) is 5.82 Å². The van der Waals surface area contributed by atoms with E-state index in [1.54, 1.807) is 6.08 Å². The second-order valence-corrected chi connectivity index (χ2v) is 7.91. The van der Waals surface area contributed by atoms with Gasteiger partial charge in [-0.25, -0.2) is 15.0 Å². The van der Waals surface area contributed by atoms with Crippen LogP contribution in [0.25, 0.3) is 6.08 Å². The van der Waals surface area contributed by atoms with Crippen LogP contribution in [0.4, 0.5) is 11.8 Å². The summed E-state index contributed by atoms with van der Waals surface area (Å²) in [5.74, 6) is 1.53. The van der Waals surface area contributed by atoms with Gasteiger partial charge in [-0.05, 0) is 56.5 Å². The summed E-state index contributed by atoms with van der Waals surface area (Å²) in [6.07, 6.45) is 5.52. The number of rotatable bonds is 5. The number of carbonyl (C=O) groups excluding carboxylic acids is 1. The highest BCUT2D eigenvalue weighted by atomic mass is 16.2. The van der Waals surface area contributed by atoms with Crippen molar-refractivity contribution in [1.29, 1.82) is 0 Å². The topological polar surface area (TPSA) is 71.0 Å². The molecule has 2 aromatic heterocycles. The van der Waals surface area contributed by atoms with Gasteiger partial charge in [0.05, 0.1) is 0 Å². The standard InChI is InChI=1S/C25H27N5O/c1-18-16-19(2)27-25(26-18)29-23-12-6-11-22(28-23)21-10-7-15-30(17-21)24(31)14-13-20-8-4-3-5-9-20/h3-6,8-9,11-14,16,21H,7,10,15,17H2,1-2H3,(H,26,27,28,29)/b14-13+/t21-/m1/s1. The normalized spacial score (nSPS) is 16.5. The van der Waals surface area contributed by atoms with Crippen LogP contribution in [0.1, 0.15) is 41.4 Å². The molecule has 3 aromatic rings. The average Bonchev–Trinajstić information content (AvgIpc) is 2.78. The zero-order chi connectivity index (χ0) is 21.6. The van der Waals surface area contributed by atoms with Crippen LogP contribution in [0.2, 0.25) is 0 Å². The predicted octanol–water partition coefficient (Wildman–Crippen LogP) is 4.65. The maximum atomic E-state index is 12.7. The molecule has 1 N–H and O–H groups in total. The first-order valence-corrected chi connectivity index (χ1v) is 10.6. The lowest BCUT2D eigenvalue weighted by Crippen LogP contribution is -2.38. The molecule has 6 heteroatoms. The van der Waals surface area contributed by atoms with Gasteiger partial charge in [-0.2, -0.15) is 0 Å². The summed E-state index contributed by atoms with van der Waals surface area (Å²) in [6.45, 7) is 5.35. The highest BCUT2D eigenvalue weighted by Crippen LogP contribution is 2.27. The van der Waals surface area contributed by atoms with E-state index >= 15 is 0 Å². The second kappa shape index (κ2) is 9.51. The molecule has 6 nitrogen and oxygen atoms in total. The molecule has 0 radical (unpaired) electrons. The number of aryl methyl sites for hydroxylation is 2. The Morgan fingerprint density at radius 1 is 1.03 bits per heavy atom. The molecule has 1 aromatic carbocycles. The van der Waals surface area contributed by atoms with Crippen LogP contribution >= 0.6 is 0 Å². The molecule has 4 rings (SSSR count). The van der Waals surface area contributed by atoms with E-state index in [2.05, 4.69) is 15.3 Å². The number of piperidine rings is 1. The van der Waals surface area contributed by atoms with E-state index in [1.165, 1.54) is 0 Å². The fourth-order valence-electron chi connectivity index (χ4n) is 3.90. The van der Waals surface area contributed by atoms with Crippen molar-refractivity contribution in [3.63, 3.8) is 0 Å². The maximum Gasteiger partial charge on any atom is 0.246 e. The highest BCUT2D eigenvalue weighted by Gasteiger charge is 2.24. The number of nitrogens with zero attached hydrogens (tertiary/aromatic N) is 4. The number of pyridine rings is 1. The summed E-state index contributed by atoms with van der Waals surface area (Å²) in [5.41, 5.74) is 3.84. The summed E-state index contributed by atoms with van der Waals surface area (Å²) >= 11 is 0. The number of likely N-dealkylation sites (tertiary alicyclic amines) is 1. The van der Waals surface area contributed by atoms with E-state index in [0.29, 0.717) is 12.5 Å². The summed E-state index contributed by atoms with van der Waals surface area (Å²) in [6, 6.07) is 17.8. The molecule has 3 heterocycles. The van der Waals surface area contributed by atoms with Crippen LogP contribution in [0.3, 0.4) is 0 Å². The number of hydrogen-bond acceptors (Lipinski definition) is 5. The number of hydrogen-bond donors (Lipinski definition) is 1. The minimum atomic E-state index is 0.0477. The molecule has 0 bridgehead atoms. The van der Waals surface area contributed by atoms with Crippen LogP contribution < -0.4 is 5.32 Å². The lowest BCUT2D eigenvalue weighted by atomic mass is 9.94. The molecule has 0 unspecified atom stereocenters. The van der Waals surface area contributed by atoms with Crippen LogP contribution in [-0.2, 0) is 4.79 Å². The molecule has 0 aliphatic carbocycles. The summed E-state index contributed by atoms with van der Waals surface area (Å²) in [7, 11) is 0. The van der Waals surface area contributed by atoms with Crippen LogP contribution in [0.15, 0.2) is 60.7 Å². The number of amides is 1. The number of nitrogens with one attached hydrogen (secondary N) is 1. The highest BCUT2D eigenvalue weighted by molar-refractivity contribution is 5.91. The maximum absolute atomic E-state index is 12.7. The monoisotopic (exact) mass is 413 g/mol. The van der Waals surface area contributed by atoms with Gasteiger partial charge in [-0.3, -0.25) is 4.79 Å². The zero-order valence-electron chi connectivity index (χ0n) is 18.0. The molecule has 1 amide bonds. The summed E-state index contributed by atoms with van der Waals surface area (Å²) < 4.78 is 0.